The molecule has 0 amide bonds. The molecule has 1 aromatic carbocycles. The highest BCUT2D eigenvalue weighted by Crippen LogP contribution is 2.39. The largest absolute Gasteiger partial charge is 0.291 e. The van der Waals surface area contributed by atoms with Crippen molar-refractivity contribution in [3.05, 3.63) is 30.0 Å². The van der Waals surface area contributed by atoms with Crippen LogP contribution in [0.2, 0.25) is 0 Å². The van der Waals surface area contributed by atoms with Gasteiger partial charge in [-0.3, -0.25) is 9.58 Å². The number of aryl methyl sites for hydroxylation is 1. The summed E-state index contributed by atoms with van der Waals surface area (Å²) < 4.78 is 2.14. The van der Waals surface area contributed by atoms with Crippen LogP contribution in [0.1, 0.15) is 38.3 Å². The van der Waals surface area contributed by atoms with Crippen molar-refractivity contribution in [3.8, 4) is 0 Å². The fraction of sp³-hybridized carbons (Fsp3) is 0.588. The summed E-state index contributed by atoms with van der Waals surface area (Å²) in [7, 11) is 0. The molecule has 0 saturated carbocycles. The van der Waals surface area contributed by atoms with Gasteiger partial charge in [-0.15, -0.1) is 0 Å². The Morgan fingerprint density at radius 3 is 2.62 bits per heavy atom. The number of fused-ring (bicyclic) bond motifs is 3. The summed E-state index contributed by atoms with van der Waals surface area (Å²) in [5, 5.41) is 6.21. The smallest absolute Gasteiger partial charge is 0.0843 e. The molecule has 0 radical (unpaired) electrons. The van der Waals surface area contributed by atoms with Crippen LogP contribution in [0.15, 0.2) is 24.3 Å². The first kappa shape index (κ1) is 13.8. The number of aromatic nitrogens is 2. The number of para-hydroxylation sites is 1. The van der Waals surface area contributed by atoms with Crippen LogP contribution in [0, 0.1) is 0 Å². The Bertz CT molecular complexity index is 637. The second-order valence-corrected chi connectivity index (χ2v) is 7.70. The number of halogens is 1. The van der Waals surface area contributed by atoms with Gasteiger partial charge in [0.1, 0.15) is 0 Å². The van der Waals surface area contributed by atoms with Crippen LogP contribution in [0.4, 0.5) is 0 Å². The molecule has 3 nitrogen and oxygen atoms in total. The van der Waals surface area contributed by atoms with Crippen molar-refractivity contribution in [2.75, 3.05) is 0 Å². The molecule has 2 saturated heterocycles. The van der Waals surface area contributed by atoms with E-state index in [9.17, 15) is 0 Å². The van der Waals surface area contributed by atoms with E-state index in [0.29, 0.717) is 0 Å². The molecule has 21 heavy (non-hydrogen) atoms. The van der Waals surface area contributed by atoms with E-state index in [-0.39, 0.29) is 0 Å². The molecule has 2 unspecified atom stereocenters. The summed E-state index contributed by atoms with van der Waals surface area (Å²) in [4.78, 5) is 3.43. The van der Waals surface area contributed by atoms with Crippen LogP contribution in [-0.2, 0) is 13.1 Å². The Morgan fingerprint density at radius 1 is 1.19 bits per heavy atom. The van der Waals surface area contributed by atoms with Crippen molar-refractivity contribution in [2.24, 2.45) is 0 Å². The molecule has 0 spiro atoms. The first-order chi connectivity index (χ1) is 10.3. The monoisotopic (exact) mass is 347 g/mol. The van der Waals surface area contributed by atoms with E-state index in [1.165, 1.54) is 42.3 Å². The summed E-state index contributed by atoms with van der Waals surface area (Å²) in [5.41, 5.74) is 2.54. The highest BCUT2D eigenvalue weighted by Gasteiger charge is 2.40. The van der Waals surface area contributed by atoms with Gasteiger partial charge >= 0.3 is 0 Å². The van der Waals surface area contributed by atoms with E-state index in [1.54, 1.807) is 0 Å². The van der Waals surface area contributed by atoms with Gasteiger partial charge in [-0.05, 0) is 38.7 Å². The molecule has 2 aliphatic heterocycles. The number of benzene rings is 1. The third-order valence-corrected chi connectivity index (χ3v) is 5.94. The van der Waals surface area contributed by atoms with E-state index < -0.39 is 0 Å². The molecule has 2 aromatic rings. The topological polar surface area (TPSA) is 21.1 Å². The highest BCUT2D eigenvalue weighted by molar-refractivity contribution is 9.09. The molecule has 1 aromatic heterocycles. The van der Waals surface area contributed by atoms with E-state index in [4.69, 9.17) is 5.10 Å². The molecule has 2 atom stereocenters. The average molecular weight is 348 g/mol. The van der Waals surface area contributed by atoms with Gasteiger partial charge < -0.3 is 0 Å². The van der Waals surface area contributed by atoms with E-state index in [2.05, 4.69) is 56.7 Å². The SMILES string of the molecule is CCn1nc(CN2C3CCC2CC(Br)C3)c2ccccc21. The molecule has 3 heterocycles. The molecule has 2 aliphatic rings. The van der Waals surface area contributed by atoms with Gasteiger partial charge in [-0.1, -0.05) is 34.1 Å². The third kappa shape index (κ3) is 2.33. The van der Waals surface area contributed by atoms with E-state index >= 15 is 0 Å². The Balaban J connectivity index is 1.66. The van der Waals surface area contributed by atoms with Gasteiger partial charge in [0.15, 0.2) is 0 Å². The van der Waals surface area contributed by atoms with Crippen LogP contribution in [0.25, 0.3) is 10.9 Å². The number of piperidine rings is 1. The predicted molar refractivity (Wildman–Crippen MR) is 89.7 cm³/mol. The lowest BCUT2D eigenvalue weighted by Crippen LogP contribution is -2.42. The van der Waals surface area contributed by atoms with Crippen molar-refractivity contribution < 1.29 is 0 Å². The zero-order chi connectivity index (χ0) is 14.4. The molecule has 2 fully saturated rings. The molecule has 0 aliphatic carbocycles. The number of rotatable bonds is 3. The fourth-order valence-electron chi connectivity index (χ4n) is 4.19. The first-order valence-corrected chi connectivity index (χ1v) is 9.02. The Kier molecular flexibility index (Phi) is 3.54. The summed E-state index contributed by atoms with van der Waals surface area (Å²) in [6.07, 6.45) is 5.31. The molecule has 4 heteroatoms. The third-order valence-electron chi connectivity index (χ3n) is 5.19. The van der Waals surface area contributed by atoms with Crippen molar-refractivity contribution in [1.29, 1.82) is 0 Å². The molecule has 0 N–H and O–H groups in total. The number of hydrogen-bond donors (Lipinski definition) is 0. The van der Waals surface area contributed by atoms with Crippen molar-refractivity contribution >= 4 is 26.8 Å². The lowest BCUT2D eigenvalue weighted by atomic mass is 10.0. The molecule has 4 rings (SSSR count). The van der Waals surface area contributed by atoms with Gasteiger partial charge in [0.25, 0.3) is 0 Å². The van der Waals surface area contributed by atoms with Crippen LogP contribution in [0.5, 0.6) is 0 Å². The van der Waals surface area contributed by atoms with Gasteiger partial charge in [0.05, 0.1) is 11.2 Å². The summed E-state index contributed by atoms with van der Waals surface area (Å²) in [6.45, 7) is 4.13. The quantitative estimate of drug-likeness (QED) is 0.784. The zero-order valence-corrected chi connectivity index (χ0v) is 14.1. The Morgan fingerprint density at radius 2 is 1.90 bits per heavy atom. The minimum absolute atomic E-state index is 0.719. The number of alkyl halides is 1. The predicted octanol–water partition coefficient (Wildman–Crippen LogP) is 3.95. The summed E-state index contributed by atoms with van der Waals surface area (Å²) in [5.74, 6) is 0. The minimum atomic E-state index is 0.719. The summed E-state index contributed by atoms with van der Waals surface area (Å²) in [6, 6.07) is 10.2. The fourth-order valence-corrected chi connectivity index (χ4v) is 5.06. The van der Waals surface area contributed by atoms with Gasteiger partial charge in [0, 0.05) is 35.4 Å². The molecule has 2 bridgehead atoms. The highest BCUT2D eigenvalue weighted by atomic mass is 79.9. The lowest BCUT2D eigenvalue weighted by Gasteiger charge is -2.36. The molecular formula is C17H22BrN3. The van der Waals surface area contributed by atoms with Crippen molar-refractivity contribution in [1.82, 2.24) is 14.7 Å². The second kappa shape index (κ2) is 5.40. The van der Waals surface area contributed by atoms with E-state index in [1.807, 2.05) is 0 Å². The maximum absolute atomic E-state index is 4.88. The summed E-state index contributed by atoms with van der Waals surface area (Å²) >= 11 is 3.83. The Hall–Kier alpha value is -0.870. The standard InChI is InChI=1S/C17H22BrN3/c1-2-21-17-6-4-3-5-15(17)16(19-21)11-20-13-7-8-14(20)10-12(18)9-13/h3-6,12-14H,2,7-11H2,1H3. The van der Waals surface area contributed by atoms with Gasteiger partial charge in [-0.25, -0.2) is 0 Å². The van der Waals surface area contributed by atoms with Gasteiger partial charge in [0.2, 0.25) is 0 Å². The van der Waals surface area contributed by atoms with Crippen LogP contribution < -0.4 is 0 Å². The van der Waals surface area contributed by atoms with Gasteiger partial charge in [-0.2, -0.15) is 5.10 Å². The number of hydrogen-bond acceptors (Lipinski definition) is 2. The Labute approximate surface area is 134 Å². The van der Waals surface area contributed by atoms with Crippen LogP contribution in [-0.4, -0.2) is 31.6 Å². The minimum Gasteiger partial charge on any atom is -0.291 e. The molecular weight excluding hydrogens is 326 g/mol. The van der Waals surface area contributed by atoms with E-state index in [0.717, 1.165) is 30.0 Å². The molecule has 112 valence electrons. The second-order valence-electron chi connectivity index (χ2n) is 6.41. The number of nitrogens with zero attached hydrogens (tertiary/aromatic N) is 3. The van der Waals surface area contributed by atoms with Crippen LogP contribution >= 0.6 is 15.9 Å². The average Bonchev–Trinajstić information content (AvgIpc) is 2.96. The lowest BCUT2D eigenvalue weighted by molar-refractivity contribution is 0.135. The maximum atomic E-state index is 4.88. The maximum Gasteiger partial charge on any atom is 0.0843 e. The normalized spacial score (nSPS) is 29.3. The first-order valence-electron chi connectivity index (χ1n) is 8.10. The van der Waals surface area contributed by atoms with Crippen LogP contribution in [0.3, 0.4) is 0 Å². The van der Waals surface area contributed by atoms with Crippen molar-refractivity contribution in [2.45, 2.75) is 62.6 Å². The van der Waals surface area contributed by atoms with Crippen molar-refractivity contribution in [3.63, 3.8) is 0 Å². The zero-order valence-electron chi connectivity index (χ0n) is 12.5.